The third-order valence-electron chi connectivity index (χ3n) is 1.84. The SMILES string of the molecule is O=Nc1cccc2[nH]c(=O)ccc12. The van der Waals surface area contributed by atoms with E-state index < -0.39 is 0 Å². The van der Waals surface area contributed by atoms with Gasteiger partial charge in [0.15, 0.2) is 0 Å². The minimum atomic E-state index is -0.185. The number of benzene rings is 1. The van der Waals surface area contributed by atoms with Gasteiger partial charge in [0.05, 0.1) is 5.52 Å². The van der Waals surface area contributed by atoms with E-state index >= 15 is 0 Å². The summed E-state index contributed by atoms with van der Waals surface area (Å²) in [6, 6.07) is 7.97. The van der Waals surface area contributed by atoms with Crippen LogP contribution in [0.3, 0.4) is 0 Å². The number of aromatic nitrogens is 1. The zero-order chi connectivity index (χ0) is 9.26. The lowest BCUT2D eigenvalue weighted by Gasteiger charge is -1.97. The lowest BCUT2D eigenvalue weighted by atomic mass is 10.2. The Labute approximate surface area is 73.2 Å². The van der Waals surface area contributed by atoms with Crippen LogP contribution in [0.1, 0.15) is 0 Å². The molecule has 1 aromatic heterocycles. The Bertz CT molecular complexity index is 516. The standard InChI is InChI=1S/C9H6N2O2/c12-9-5-4-6-7(10-9)2-1-3-8(6)11-13/h1-5H,(H,10,12). The zero-order valence-electron chi connectivity index (χ0n) is 6.65. The molecule has 0 saturated carbocycles. The van der Waals surface area contributed by atoms with E-state index in [1.165, 1.54) is 6.07 Å². The van der Waals surface area contributed by atoms with Gasteiger partial charge in [-0.05, 0) is 23.4 Å². The maximum Gasteiger partial charge on any atom is 0.248 e. The topological polar surface area (TPSA) is 62.3 Å². The van der Waals surface area contributed by atoms with E-state index in [1.54, 1.807) is 24.3 Å². The summed E-state index contributed by atoms with van der Waals surface area (Å²) in [4.78, 5) is 23.9. The van der Waals surface area contributed by atoms with Crippen molar-refractivity contribution < 1.29 is 0 Å². The van der Waals surface area contributed by atoms with Gasteiger partial charge in [0.2, 0.25) is 5.56 Å². The van der Waals surface area contributed by atoms with Crippen LogP contribution in [0.4, 0.5) is 5.69 Å². The van der Waals surface area contributed by atoms with Crippen LogP contribution in [-0.4, -0.2) is 4.98 Å². The molecule has 0 saturated heterocycles. The predicted molar refractivity (Wildman–Crippen MR) is 50.0 cm³/mol. The monoisotopic (exact) mass is 174 g/mol. The molecule has 0 unspecified atom stereocenters. The van der Waals surface area contributed by atoms with Crippen LogP contribution in [0.2, 0.25) is 0 Å². The van der Waals surface area contributed by atoms with E-state index in [1.807, 2.05) is 0 Å². The van der Waals surface area contributed by atoms with Crippen molar-refractivity contribution in [2.45, 2.75) is 0 Å². The van der Waals surface area contributed by atoms with Crippen LogP contribution in [0.25, 0.3) is 10.9 Å². The molecule has 0 atom stereocenters. The zero-order valence-corrected chi connectivity index (χ0v) is 6.65. The van der Waals surface area contributed by atoms with Crippen LogP contribution in [0, 0.1) is 4.91 Å². The Morgan fingerprint density at radius 2 is 2.00 bits per heavy atom. The summed E-state index contributed by atoms with van der Waals surface area (Å²) in [6.45, 7) is 0. The van der Waals surface area contributed by atoms with Crippen LogP contribution in [-0.2, 0) is 0 Å². The predicted octanol–water partition coefficient (Wildman–Crippen LogP) is 1.93. The first-order valence-electron chi connectivity index (χ1n) is 3.77. The fraction of sp³-hybridized carbons (Fsp3) is 0. The van der Waals surface area contributed by atoms with Crippen molar-refractivity contribution in [2.24, 2.45) is 5.18 Å². The van der Waals surface area contributed by atoms with E-state index in [-0.39, 0.29) is 5.56 Å². The first-order valence-corrected chi connectivity index (χ1v) is 3.77. The average molecular weight is 174 g/mol. The van der Waals surface area contributed by atoms with Gasteiger partial charge in [0.1, 0.15) is 5.69 Å². The van der Waals surface area contributed by atoms with Crippen LogP contribution in [0.15, 0.2) is 40.3 Å². The summed E-state index contributed by atoms with van der Waals surface area (Å²) < 4.78 is 0. The summed E-state index contributed by atoms with van der Waals surface area (Å²) in [5, 5.41) is 3.52. The molecule has 4 nitrogen and oxygen atoms in total. The molecule has 4 heteroatoms. The third kappa shape index (κ3) is 1.22. The van der Waals surface area contributed by atoms with Crippen LogP contribution >= 0.6 is 0 Å². The van der Waals surface area contributed by atoms with Crippen LogP contribution < -0.4 is 5.56 Å². The molecule has 0 aliphatic carbocycles. The normalized spacial score (nSPS) is 10.2. The molecule has 0 bridgehead atoms. The molecule has 0 spiro atoms. The highest BCUT2D eigenvalue weighted by Gasteiger charge is 1.99. The number of nitrogens with one attached hydrogen (secondary N) is 1. The molecule has 0 radical (unpaired) electrons. The van der Waals surface area contributed by atoms with Gasteiger partial charge in [-0.25, -0.2) is 0 Å². The molecule has 0 amide bonds. The first kappa shape index (κ1) is 7.67. The molecule has 1 N–H and O–H groups in total. The molecule has 0 aliphatic heterocycles. The summed E-state index contributed by atoms with van der Waals surface area (Å²) in [7, 11) is 0. The molecule has 2 rings (SSSR count). The number of hydrogen-bond donors (Lipinski definition) is 1. The number of fused-ring (bicyclic) bond motifs is 1. The molecule has 64 valence electrons. The van der Waals surface area contributed by atoms with Gasteiger partial charge in [-0.3, -0.25) is 4.79 Å². The van der Waals surface area contributed by atoms with Gasteiger partial charge in [-0.15, -0.1) is 4.91 Å². The van der Waals surface area contributed by atoms with Crippen molar-refractivity contribution in [3.63, 3.8) is 0 Å². The summed E-state index contributed by atoms with van der Waals surface area (Å²) in [6.07, 6.45) is 0. The van der Waals surface area contributed by atoms with Gasteiger partial charge in [-0.1, -0.05) is 6.07 Å². The molecule has 1 aromatic carbocycles. The van der Waals surface area contributed by atoms with Crippen LogP contribution in [0.5, 0.6) is 0 Å². The van der Waals surface area contributed by atoms with Gasteiger partial charge in [-0.2, -0.15) is 0 Å². The number of hydrogen-bond acceptors (Lipinski definition) is 3. The van der Waals surface area contributed by atoms with E-state index in [9.17, 15) is 9.70 Å². The molecule has 13 heavy (non-hydrogen) atoms. The summed E-state index contributed by atoms with van der Waals surface area (Å²) in [5.41, 5.74) is 0.786. The Hall–Kier alpha value is -1.97. The van der Waals surface area contributed by atoms with Gasteiger partial charge < -0.3 is 4.98 Å². The second-order valence-electron chi connectivity index (χ2n) is 2.65. The van der Waals surface area contributed by atoms with Gasteiger partial charge in [0, 0.05) is 11.5 Å². The van der Waals surface area contributed by atoms with E-state index in [4.69, 9.17) is 0 Å². The van der Waals surface area contributed by atoms with Crippen molar-refractivity contribution >= 4 is 16.6 Å². The van der Waals surface area contributed by atoms with E-state index in [0.29, 0.717) is 16.6 Å². The number of nitroso groups, excluding NO2 is 1. The molecule has 2 aromatic rings. The Morgan fingerprint density at radius 3 is 2.77 bits per heavy atom. The molecular weight excluding hydrogens is 168 g/mol. The van der Waals surface area contributed by atoms with Crippen molar-refractivity contribution in [1.82, 2.24) is 4.98 Å². The number of H-pyrrole nitrogens is 1. The second-order valence-corrected chi connectivity index (χ2v) is 2.65. The van der Waals surface area contributed by atoms with Crippen molar-refractivity contribution in [1.29, 1.82) is 0 Å². The fourth-order valence-electron chi connectivity index (χ4n) is 1.25. The Kier molecular flexibility index (Phi) is 1.66. The second kappa shape index (κ2) is 2.82. The number of nitrogens with zero attached hydrogens (tertiary/aromatic N) is 1. The molecule has 1 heterocycles. The highest BCUT2D eigenvalue weighted by atomic mass is 16.3. The van der Waals surface area contributed by atoms with Gasteiger partial charge >= 0.3 is 0 Å². The number of pyridine rings is 1. The van der Waals surface area contributed by atoms with E-state index in [2.05, 4.69) is 10.2 Å². The maximum absolute atomic E-state index is 10.9. The minimum Gasteiger partial charge on any atom is -0.322 e. The summed E-state index contributed by atoms with van der Waals surface area (Å²) >= 11 is 0. The highest BCUT2D eigenvalue weighted by Crippen LogP contribution is 2.22. The lowest BCUT2D eigenvalue weighted by Crippen LogP contribution is -2.01. The largest absolute Gasteiger partial charge is 0.322 e. The molecule has 0 fully saturated rings. The number of rotatable bonds is 1. The quantitative estimate of drug-likeness (QED) is 0.671. The lowest BCUT2D eigenvalue weighted by molar-refractivity contribution is 1.30. The van der Waals surface area contributed by atoms with Crippen molar-refractivity contribution in [3.8, 4) is 0 Å². The Morgan fingerprint density at radius 1 is 1.15 bits per heavy atom. The first-order chi connectivity index (χ1) is 6.31. The maximum atomic E-state index is 10.9. The fourth-order valence-corrected chi connectivity index (χ4v) is 1.25. The van der Waals surface area contributed by atoms with Crippen molar-refractivity contribution in [3.05, 3.63) is 45.6 Å². The summed E-state index contributed by atoms with van der Waals surface area (Å²) in [5.74, 6) is 0. The highest BCUT2D eigenvalue weighted by molar-refractivity contribution is 5.89. The smallest absolute Gasteiger partial charge is 0.248 e. The Balaban J connectivity index is 2.92. The van der Waals surface area contributed by atoms with Gasteiger partial charge in [0.25, 0.3) is 0 Å². The molecular formula is C9H6N2O2. The van der Waals surface area contributed by atoms with Crippen molar-refractivity contribution in [2.75, 3.05) is 0 Å². The third-order valence-corrected chi connectivity index (χ3v) is 1.84. The average Bonchev–Trinajstić information content (AvgIpc) is 2.16. The number of aromatic amines is 1. The van der Waals surface area contributed by atoms with E-state index in [0.717, 1.165) is 0 Å². The molecule has 0 aliphatic rings. The minimum absolute atomic E-state index is 0.185.